The largest absolute Gasteiger partial charge is 0.382 e. The Morgan fingerprint density at radius 2 is 2.11 bits per heavy atom. The summed E-state index contributed by atoms with van der Waals surface area (Å²) in [5.74, 6) is -0.369. The van der Waals surface area contributed by atoms with Crippen molar-refractivity contribution in [2.24, 2.45) is 0 Å². The van der Waals surface area contributed by atoms with E-state index in [0.717, 1.165) is 25.1 Å². The van der Waals surface area contributed by atoms with Crippen LogP contribution in [0.1, 0.15) is 38.5 Å². The standard InChI is InChI=1S/C15H19ClFNO/c16-13-9-11(3-4-14(13)17)18-12-5-8-19-15(10-12)6-1-2-7-15/h3-4,9,12,18H,1-2,5-8,10H2. The van der Waals surface area contributed by atoms with Crippen molar-refractivity contribution in [2.45, 2.75) is 50.2 Å². The molecule has 3 rings (SSSR count). The Hall–Kier alpha value is -0.800. The number of halogens is 2. The van der Waals surface area contributed by atoms with Crippen molar-refractivity contribution in [3.05, 3.63) is 29.0 Å². The Bertz CT molecular complexity index is 459. The molecule has 4 heteroatoms. The third kappa shape index (κ3) is 2.87. The molecule has 1 saturated carbocycles. The summed E-state index contributed by atoms with van der Waals surface area (Å²) in [6.07, 6.45) is 6.94. The Morgan fingerprint density at radius 1 is 1.32 bits per heavy atom. The molecule has 0 amide bonds. The lowest BCUT2D eigenvalue weighted by Gasteiger charge is -2.39. The molecule has 1 atom stereocenters. The number of hydrogen-bond acceptors (Lipinski definition) is 2. The molecule has 1 unspecified atom stereocenters. The van der Waals surface area contributed by atoms with Crippen molar-refractivity contribution in [1.29, 1.82) is 0 Å². The molecule has 1 N–H and O–H groups in total. The topological polar surface area (TPSA) is 21.3 Å². The van der Waals surface area contributed by atoms with E-state index in [1.54, 1.807) is 12.1 Å². The first-order chi connectivity index (χ1) is 9.17. The third-order valence-electron chi connectivity index (χ3n) is 4.30. The first kappa shape index (κ1) is 13.2. The van der Waals surface area contributed by atoms with E-state index in [4.69, 9.17) is 16.3 Å². The molecule has 0 aromatic heterocycles. The molecule has 1 aliphatic heterocycles. The van der Waals surface area contributed by atoms with Crippen LogP contribution in [0.2, 0.25) is 5.02 Å². The number of nitrogens with one attached hydrogen (secondary N) is 1. The van der Waals surface area contributed by atoms with Gasteiger partial charge < -0.3 is 10.1 Å². The third-order valence-corrected chi connectivity index (χ3v) is 4.59. The highest BCUT2D eigenvalue weighted by Gasteiger charge is 2.39. The maximum Gasteiger partial charge on any atom is 0.141 e. The van der Waals surface area contributed by atoms with Crippen molar-refractivity contribution in [3.8, 4) is 0 Å². The molecule has 2 aliphatic rings. The minimum Gasteiger partial charge on any atom is -0.382 e. The average molecular weight is 284 g/mol. The van der Waals surface area contributed by atoms with E-state index < -0.39 is 0 Å². The zero-order valence-corrected chi connectivity index (χ0v) is 11.7. The van der Waals surface area contributed by atoms with Gasteiger partial charge in [0.2, 0.25) is 0 Å². The maximum atomic E-state index is 13.1. The second kappa shape index (κ2) is 5.29. The summed E-state index contributed by atoms with van der Waals surface area (Å²) in [6, 6.07) is 5.22. The summed E-state index contributed by atoms with van der Waals surface area (Å²) in [4.78, 5) is 0. The highest BCUT2D eigenvalue weighted by atomic mass is 35.5. The Kier molecular flexibility index (Phi) is 3.68. The molecule has 1 spiro atoms. The first-order valence-electron chi connectivity index (χ1n) is 7.02. The van der Waals surface area contributed by atoms with Crippen molar-refractivity contribution in [1.82, 2.24) is 0 Å². The molecule has 19 heavy (non-hydrogen) atoms. The number of rotatable bonds is 2. The highest BCUT2D eigenvalue weighted by molar-refractivity contribution is 6.31. The van der Waals surface area contributed by atoms with Crippen LogP contribution in [0.15, 0.2) is 18.2 Å². The van der Waals surface area contributed by atoms with Crippen molar-refractivity contribution in [3.63, 3.8) is 0 Å². The molecule has 0 bridgehead atoms. The van der Waals surface area contributed by atoms with Gasteiger partial charge >= 0.3 is 0 Å². The van der Waals surface area contributed by atoms with E-state index in [-0.39, 0.29) is 16.4 Å². The molecular weight excluding hydrogens is 265 g/mol. The van der Waals surface area contributed by atoms with E-state index in [1.807, 2.05) is 0 Å². The van der Waals surface area contributed by atoms with E-state index in [0.29, 0.717) is 6.04 Å². The molecule has 1 aromatic rings. The predicted octanol–water partition coefficient (Wildman–Crippen LogP) is 4.38. The predicted molar refractivity (Wildman–Crippen MR) is 75.2 cm³/mol. The molecule has 1 heterocycles. The quantitative estimate of drug-likeness (QED) is 0.869. The van der Waals surface area contributed by atoms with Crippen LogP contribution in [0.3, 0.4) is 0 Å². The summed E-state index contributed by atoms with van der Waals surface area (Å²) in [5.41, 5.74) is 0.992. The maximum absolute atomic E-state index is 13.1. The minimum atomic E-state index is -0.369. The van der Waals surface area contributed by atoms with Gasteiger partial charge in [0, 0.05) is 18.3 Å². The van der Waals surface area contributed by atoms with Crippen LogP contribution in [0.25, 0.3) is 0 Å². The van der Waals surface area contributed by atoms with Gasteiger partial charge in [0.05, 0.1) is 10.6 Å². The smallest absolute Gasteiger partial charge is 0.141 e. The summed E-state index contributed by atoms with van der Waals surface area (Å²) in [7, 11) is 0. The lowest BCUT2D eigenvalue weighted by molar-refractivity contribution is -0.0767. The van der Waals surface area contributed by atoms with Gasteiger partial charge in [-0.1, -0.05) is 24.4 Å². The van der Waals surface area contributed by atoms with E-state index in [9.17, 15) is 4.39 Å². The minimum absolute atomic E-state index is 0.0970. The molecule has 2 fully saturated rings. The highest BCUT2D eigenvalue weighted by Crippen LogP contribution is 2.40. The summed E-state index contributed by atoms with van der Waals surface area (Å²) in [5, 5.41) is 3.64. The first-order valence-corrected chi connectivity index (χ1v) is 7.40. The van der Waals surface area contributed by atoms with Crippen LogP contribution in [0.4, 0.5) is 10.1 Å². The van der Waals surface area contributed by atoms with Gasteiger partial charge in [-0.25, -0.2) is 4.39 Å². The van der Waals surface area contributed by atoms with Crippen LogP contribution in [-0.4, -0.2) is 18.2 Å². The van der Waals surface area contributed by atoms with Crippen LogP contribution in [0.5, 0.6) is 0 Å². The number of ether oxygens (including phenoxy) is 1. The lowest BCUT2D eigenvalue weighted by atomic mass is 9.89. The fraction of sp³-hybridized carbons (Fsp3) is 0.600. The van der Waals surface area contributed by atoms with Crippen LogP contribution >= 0.6 is 11.6 Å². The molecule has 1 aromatic carbocycles. The molecular formula is C15H19ClFNO. The Balaban J connectivity index is 1.67. The number of benzene rings is 1. The van der Waals surface area contributed by atoms with E-state index >= 15 is 0 Å². The summed E-state index contributed by atoms with van der Waals surface area (Å²) in [6.45, 7) is 0.812. The van der Waals surface area contributed by atoms with Crippen molar-refractivity contribution < 1.29 is 9.13 Å². The lowest BCUT2D eigenvalue weighted by Crippen LogP contribution is -2.42. The van der Waals surface area contributed by atoms with Gasteiger partial charge in [-0.05, 0) is 43.9 Å². The SMILES string of the molecule is Fc1ccc(NC2CCOC3(CCCC3)C2)cc1Cl. The molecule has 1 saturated heterocycles. The van der Waals surface area contributed by atoms with Crippen LogP contribution in [0, 0.1) is 5.82 Å². The van der Waals surface area contributed by atoms with Gasteiger partial charge in [-0.2, -0.15) is 0 Å². The van der Waals surface area contributed by atoms with Gasteiger partial charge in [0.1, 0.15) is 5.82 Å². The second-order valence-corrected chi connectivity index (χ2v) is 6.11. The Morgan fingerprint density at radius 3 is 2.84 bits per heavy atom. The van der Waals surface area contributed by atoms with E-state index in [2.05, 4.69) is 5.32 Å². The molecule has 0 radical (unpaired) electrons. The monoisotopic (exact) mass is 283 g/mol. The average Bonchev–Trinajstić information content (AvgIpc) is 2.82. The van der Waals surface area contributed by atoms with Crippen molar-refractivity contribution in [2.75, 3.05) is 11.9 Å². The summed E-state index contributed by atoms with van der Waals surface area (Å²) < 4.78 is 19.1. The fourth-order valence-corrected chi connectivity index (χ4v) is 3.52. The van der Waals surface area contributed by atoms with Crippen molar-refractivity contribution >= 4 is 17.3 Å². The normalized spacial score (nSPS) is 25.7. The molecule has 2 nitrogen and oxygen atoms in total. The van der Waals surface area contributed by atoms with Crippen LogP contribution in [-0.2, 0) is 4.74 Å². The van der Waals surface area contributed by atoms with E-state index in [1.165, 1.54) is 31.7 Å². The van der Waals surface area contributed by atoms with Crippen LogP contribution < -0.4 is 5.32 Å². The molecule has 1 aliphatic carbocycles. The molecule has 104 valence electrons. The number of hydrogen-bond donors (Lipinski definition) is 1. The van der Waals surface area contributed by atoms with Gasteiger partial charge in [0.15, 0.2) is 0 Å². The second-order valence-electron chi connectivity index (χ2n) is 5.70. The fourth-order valence-electron chi connectivity index (χ4n) is 3.34. The number of anilines is 1. The van der Waals surface area contributed by atoms with Gasteiger partial charge in [-0.15, -0.1) is 0 Å². The Labute approximate surface area is 118 Å². The van der Waals surface area contributed by atoms with Gasteiger partial charge in [-0.3, -0.25) is 0 Å². The zero-order chi connectivity index (χ0) is 13.3. The van der Waals surface area contributed by atoms with Gasteiger partial charge in [0.25, 0.3) is 0 Å². The summed E-state index contributed by atoms with van der Waals surface area (Å²) >= 11 is 5.81. The zero-order valence-electron chi connectivity index (χ0n) is 10.9.